The molecule has 1 aliphatic heterocycles. The molecular formula is C26H31N7O5S. The molecule has 1 saturated carbocycles. The van der Waals surface area contributed by atoms with Gasteiger partial charge in [0.2, 0.25) is 0 Å². The number of urea groups is 1. The Balaban J connectivity index is 1.50. The molecule has 2 aliphatic rings. The molecule has 3 aromatic rings. The Hall–Kier alpha value is -3.84. The topological polar surface area (TPSA) is 134 Å². The fourth-order valence-electron chi connectivity index (χ4n) is 4.62. The average molecular weight is 554 g/mol. The van der Waals surface area contributed by atoms with E-state index in [1.807, 2.05) is 25.2 Å². The van der Waals surface area contributed by atoms with Crippen molar-refractivity contribution >= 4 is 23.8 Å². The molecule has 0 unspecified atom stereocenters. The van der Waals surface area contributed by atoms with E-state index in [-0.39, 0.29) is 12.4 Å². The number of rotatable bonds is 11. The summed E-state index contributed by atoms with van der Waals surface area (Å²) in [6.45, 7) is 2.26. The van der Waals surface area contributed by atoms with Gasteiger partial charge in [-0.05, 0) is 43.5 Å². The van der Waals surface area contributed by atoms with Crippen LogP contribution >= 0.6 is 11.8 Å². The van der Waals surface area contributed by atoms with Gasteiger partial charge in [0.25, 0.3) is 0 Å². The van der Waals surface area contributed by atoms with Gasteiger partial charge in [-0.15, -0.1) is 10.2 Å². The second-order valence-corrected chi connectivity index (χ2v) is 10.1. The van der Waals surface area contributed by atoms with E-state index < -0.39 is 18.0 Å². The number of carbonyl (C=O) groups is 2. The summed E-state index contributed by atoms with van der Waals surface area (Å²) in [6.07, 6.45) is 3.81. The normalized spacial score (nSPS) is 17.1. The molecule has 2 aromatic heterocycles. The molecule has 0 saturated heterocycles. The van der Waals surface area contributed by atoms with Crippen molar-refractivity contribution in [3.63, 3.8) is 0 Å². The van der Waals surface area contributed by atoms with Crippen LogP contribution in [0.3, 0.4) is 0 Å². The maximum atomic E-state index is 13.3. The highest BCUT2D eigenvalue weighted by molar-refractivity contribution is 7.99. The van der Waals surface area contributed by atoms with E-state index >= 15 is 0 Å². The van der Waals surface area contributed by atoms with Crippen LogP contribution < -0.4 is 15.4 Å². The highest BCUT2D eigenvalue weighted by atomic mass is 32.2. The number of nitrogens with one attached hydrogen (secondary N) is 2. The van der Waals surface area contributed by atoms with Crippen LogP contribution in [0.25, 0.3) is 11.5 Å². The zero-order valence-corrected chi connectivity index (χ0v) is 23.1. The Morgan fingerprint density at radius 1 is 1.21 bits per heavy atom. The number of ether oxygens (including phenoxy) is 3. The molecule has 0 radical (unpaired) electrons. The van der Waals surface area contributed by atoms with Crippen LogP contribution in [-0.2, 0) is 27.9 Å². The van der Waals surface area contributed by atoms with Gasteiger partial charge in [0.05, 0.1) is 31.9 Å². The van der Waals surface area contributed by atoms with Gasteiger partial charge in [-0.2, -0.15) is 5.10 Å². The van der Waals surface area contributed by atoms with Crippen molar-refractivity contribution in [2.45, 2.75) is 43.6 Å². The maximum absolute atomic E-state index is 13.3. The summed E-state index contributed by atoms with van der Waals surface area (Å²) >= 11 is 1.41. The summed E-state index contributed by atoms with van der Waals surface area (Å²) in [5, 5.41) is 19.6. The van der Waals surface area contributed by atoms with Crippen LogP contribution in [-0.4, -0.2) is 63.1 Å². The Labute approximate surface area is 230 Å². The molecule has 12 nitrogen and oxygen atoms in total. The molecule has 13 heteroatoms. The van der Waals surface area contributed by atoms with E-state index in [1.54, 1.807) is 38.1 Å². The summed E-state index contributed by atoms with van der Waals surface area (Å²) in [7, 11) is 5.05. The van der Waals surface area contributed by atoms with Gasteiger partial charge in [-0.3, -0.25) is 9.25 Å². The first-order valence-corrected chi connectivity index (χ1v) is 13.6. The van der Waals surface area contributed by atoms with Crippen LogP contribution in [0.4, 0.5) is 4.79 Å². The van der Waals surface area contributed by atoms with Crippen molar-refractivity contribution in [3.05, 3.63) is 52.9 Å². The Kier molecular flexibility index (Phi) is 7.89. The number of carbonyl (C=O) groups excluding carboxylic acids is 2. The van der Waals surface area contributed by atoms with Crippen LogP contribution in [0.2, 0.25) is 0 Å². The average Bonchev–Trinajstić information content (AvgIpc) is 3.54. The smallest absolute Gasteiger partial charge is 0.338 e. The Morgan fingerprint density at radius 3 is 2.69 bits per heavy atom. The molecule has 2 amide bonds. The van der Waals surface area contributed by atoms with Crippen molar-refractivity contribution in [1.82, 2.24) is 35.2 Å². The summed E-state index contributed by atoms with van der Waals surface area (Å²) in [5.74, 6) is 1.18. The summed E-state index contributed by atoms with van der Waals surface area (Å²) in [5.41, 5.74) is 3.17. The van der Waals surface area contributed by atoms with Crippen molar-refractivity contribution in [1.29, 1.82) is 0 Å². The SMILES string of the molecule is CCOC(=O)C1=C(CSc2nnc(-c3ccnn3C)n2C2CC2)NC(=O)N[C@@H]1c1ccc(OC)c(COC)c1. The van der Waals surface area contributed by atoms with Gasteiger partial charge < -0.3 is 24.8 Å². The molecule has 2 N–H and O–H groups in total. The Morgan fingerprint density at radius 2 is 2.03 bits per heavy atom. The highest BCUT2D eigenvalue weighted by Crippen LogP contribution is 2.41. The van der Waals surface area contributed by atoms with Crippen LogP contribution in [0.15, 0.2) is 46.9 Å². The summed E-state index contributed by atoms with van der Waals surface area (Å²) < 4.78 is 20.1. The largest absolute Gasteiger partial charge is 0.496 e. The van der Waals surface area contributed by atoms with Gasteiger partial charge in [-0.25, -0.2) is 9.59 Å². The highest BCUT2D eigenvalue weighted by Gasteiger charge is 2.35. The number of hydrogen-bond acceptors (Lipinski definition) is 9. The first kappa shape index (κ1) is 26.8. The second-order valence-electron chi connectivity index (χ2n) is 9.18. The zero-order chi connectivity index (χ0) is 27.5. The lowest BCUT2D eigenvalue weighted by Gasteiger charge is -2.29. The van der Waals surface area contributed by atoms with Crippen molar-refractivity contribution < 1.29 is 23.8 Å². The van der Waals surface area contributed by atoms with Gasteiger partial charge in [0, 0.05) is 43.4 Å². The van der Waals surface area contributed by atoms with E-state index in [0.717, 1.165) is 29.9 Å². The number of methoxy groups -OCH3 is 2. The molecule has 5 rings (SSSR count). The van der Waals surface area contributed by atoms with Crippen LogP contribution in [0.5, 0.6) is 5.75 Å². The minimum atomic E-state index is -0.721. The van der Waals surface area contributed by atoms with Crippen LogP contribution in [0, 0.1) is 0 Å². The van der Waals surface area contributed by atoms with E-state index in [4.69, 9.17) is 14.2 Å². The van der Waals surface area contributed by atoms with E-state index in [1.165, 1.54) is 11.8 Å². The number of amides is 2. The third-order valence-corrected chi connectivity index (χ3v) is 7.53. The number of aryl methyl sites for hydroxylation is 1. The van der Waals surface area contributed by atoms with Crippen molar-refractivity contribution in [2.24, 2.45) is 7.05 Å². The number of esters is 1. The number of nitrogens with zero attached hydrogens (tertiary/aromatic N) is 5. The summed E-state index contributed by atoms with van der Waals surface area (Å²) in [4.78, 5) is 26.1. The first-order chi connectivity index (χ1) is 18.9. The Bertz CT molecular complexity index is 1410. The zero-order valence-electron chi connectivity index (χ0n) is 22.3. The maximum Gasteiger partial charge on any atom is 0.338 e. The molecule has 3 heterocycles. The van der Waals surface area contributed by atoms with Gasteiger partial charge in [0.15, 0.2) is 11.0 Å². The molecule has 0 bridgehead atoms. The molecule has 39 heavy (non-hydrogen) atoms. The minimum Gasteiger partial charge on any atom is -0.496 e. The molecule has 1 aliphatic carbocycles. The van der Waals surface area contributed by atoms with E-state index in [0.29, 0.717) is 40.4 Å². The lowest BCUT2D eigenvalue weighted by Crippen LogP contribution is -2.46. The van der Waals surface area contributed by atoms with Gasteiger partial charge in [0.1, 0.15) is 11.4 Å². The monoisotopic (exact) mass is 553 g/mol. The fraction of sp³-hybridized carbons (Fsp3) is 0.423. The van der Waals surface area contributed by atoms with Crippen molar-refractivity contribution in [3.8, 4) is 17.3 Å². The van der Waals surface area contributed by atoms with Gasteiger partial charge in [-0.1, -0.05) is 17.8 Å². The lowest BCUT2D eigenvalue weighted by molar-refractivity contribution is -0.139. The first-order valence-electron chi connectivity index (χ1n) is 12.6. The predicted octanol–water partition coefficient (Wildman–Crippen LogP) is 3.13. The number of aromatic nitrogens is 5. The fourth-order valence-corrected chi connectivity index (χ4v) is 5.59. The number of hydrogen-bond donors (Lipinski definition) is 2. The van der Waals surface area contributed by atoms with Crippen molar-refractivity contribution in [2.75, 3.05) is 26.6 Å². The molecule has 0 spiro atoms. The lowest BCUT2D eigenvalue weighted by atomic mass is 9.94. The second kappa shape index (κ2) is 11.5. The van der Waals surface area contributed by atoms with Gasteiger partial charge >= 0.3 is 12.0 Å². The molecule has 206 valence electrons. The number of thioether (sulfide) groups is 1. The van der Waals surface area contributed by atoms with E-state index in [9.17, 15) is 9.59 Å². The standard InChI is InChI=1S/C26H31N7O5S/c1-5-38-24(34)21-18(28-25(35)29-22(21)15-6-9-20(37-4)16(12-15)13-36-3)14-39-26-31-30-23(33(26)17-7-8-17)19-10-11-27-32(19)2/h6,9-12,17,22H,5,7-8,13-14H2,1-4H3,(H2,28,29,35)/t22-/m1/s1. The quantitative estimate of drug-likeness (QED) is 0.271. The van der Waals surface area contributed by atoms with Crippen LogP contribution in [0.1, 0.15) is 43.0 Å². The predicted molar refractivity (Wildman–Crippen MR) is 143 cm³/mol. The number of benzene rings is 1. The molecule has 1 fully saturated rings. The molecule has 1 atom stereocenters. The third-order valence-electron chi connectivity index (χ3n) is 6.56. The third kappa shape index (κ3) is 5.50. The van der Waals surface area contributed by atoms with E-state index in [2.05, 4.69) is 30.5 Å². The minimum absolute atomic E-state index is 0.199. The summed E-state index contributed by atoms with van der Waals surface area (Å²) in [6, 6.07) is 6.57. The molecular weight excluding hydrogens is 522 g/mol. The molecule has 1 aromatic carbocycles.